The second-order valence-corrected chi connectivity index (χ2v) is 9.84. The summed E-state index contributed by atoms with van der Waals surface area (Å²) in [7, 11) is 0. The van der Waals surface area contributed by atoms with Crippen LogP contribution in [0.4, 0.5) is 0 Å². The maximum Gasteiger partial charge on any atom is 0.329 e. The summed E-state index contributed by atoms with van der Waals surface area (Å²) in [5.41, 5.74) is 6.58. The van der Waals surface area contributed by atoms with Gasteiger partial charge in [-0.25, -0.2) is 4.79 Å². The van der Waals surface area contributed by atoms with E-state index in [4.69, 9.17) is 10.5 Å². The molecule has 0 saturated heterocycles. The van der Waals surface area contributed by atoms with Crippen LogP contribution in [0.25, 0.3) is 10.9 Å². The molecule has 5 N–H and O–H groups in total. The largest absolute Gasteiger partial charge is 0.464 e. The van der Waals surface area contributed by atoms with Crippen LogP contribution >= 0.6 is 11.8 Å². The van der Waals surface area contributed by atoms with Crippen molar-refractivity contribution >= 4 is 40.4 Å². The number of H-pyrrole nitrogens is 1. The fourth-order valence-corrected chi connectivity index (χ4v) is 4.38. The van der Waals surface area contributed by atoms with Crippen LogP contribution in [0.5, 0.6) is 0 Å². The topological polar surface area (TPSA) is 126 Å². The summed E-state index contributed by atoms with van der Waals surface area (Å²) in [5, 5.41) is 6.50. The molecular formula is C26H32N4O4S. The quantitative estimate of drug-likeness (QED) is 0.239. The summed E-state index contributed by atoms with van der Waals surface area (Å²) in [6.07, 6.45) is 2.04. The molecule has 1 heterocycles. The van der Waals surface area contributed by atoms with Crippen LogP contribution in [0, 0.1) is 0 Å². The van der Waals surface area contributed by atoms with Crippen molar-refractivity contribution in [2.24, 2.45) is 5.73 Å². The molecule has 0 spiro atoms. The van der Waals surface area contributed by atoms with Crippen LogP contribution < -0.4 is 16.4 Å². The monoisotopic (exact) mass is 496 g/mol. The first-order chi connectivity index (χ1) is 16.7. The molecule has 0 aliphatic rings. The van der Waals surface area contributed by atoms with Crippen molar-refractivity contribution in [3.63, 3.8) is 0 Å². The highest BCUT2D eigenvalue weighted by molar-refractivity contribution is 7.99. The number of benzene rings is 2. The lowest BCUT2D eigenvalue weighted by molar-refractivity contribution is -0.147. The average molecular weight is 497 g/mol. The predicted octanol–water partition coefficient (Wildman–Crippen LogP) is 2.77. The molecule has 0 radical (unpaired) electrons. The van der Waals surface area contributed by atoms with Gasteiger partial charge in [-0.2, -0.15) is 0 Å². The van der Waals surface area contributed by atoms with Gasteiger partial charge in [-0.15, -0.1) is 11.8 Å². The van der Waals surface area contributed by atoms with Crippen LogP contribution in [0.15, 0.2) is 65.7 Å². The molecule has 186 valence electrons. The van der Waals surface area contributed by atoms with E-state index in [2.05, 4.69) is 15.6 Å². The Hall–Kier alpha value is -3.30. The van der Waals surface area contributed by atoms with Gasteiger partial charge in [0.2, 0.25) is 11.8 Å². The first-order valence-electron chi connectivity index (χ1n) is 11.5. The third-order valence-corrected chi connectivity index (χ3v) is 6.46. The molecule has 8 nitrogen and oxygen atoms in total. The van der Waals surface area contributed by atoms with Gasteiger partial charge >= 0.3 is 5.97 Å². The number of amides is 2. The van der Waals surface area contributed by atoms with Crippen LogP contribution in [0.1, 0.15) is 26.3 Å². The van der Waals surface area contributed by atoms with E-state index in [1.54, 1.807) is 20.8 Å². The minimum atomic E-state index is -1.18. The number of nitrogens with one attached hydrogen (secondary N) is 3. The van der Waals surface area contributed by atoms with Crippen LogP contribution in [0.3, 0.4) is 0 Å². The Morgan fingerprint density at radius 2 is 1.71 bits per heavy atom. The Morgan fingerprint density at radius 1 is 1.03 bits per heavy atom. The summed E-state index contributed by atoms with van der Waals surface area (Å²) >= 11 is 1.43. The van der Waals surface area contributed by atoms with Gasteiger partial charge in [-0.1, -0.05) is 36.4 Å². The number of rotatable bonds is 11. The number of thioether (sulfide) groups is 1. The molecule has 0 aliphatic carbocycles. The molecule has 9 heteroatoms. The molecule has 2 aromatic carbocycles. The SMILES string of the molecule is CCOC(=O)C(CSc1ccccc1)NC(=O)[C@@H](Cc1c[nH]c2ccccc12)NC(=O)C(C)(C)N. The van der Waals surface area contributed by atoms with E-state index in [-0.39, 0.29) is 18.8 Å². The maximum atomic E-state index is 13.4. The van der Waals surface area contributed by atoms with Gasteiger partial charge in [0.05, 0.1) is 12.1 Å². The number of hydrogen-bond acceptors (Lipinski definition) is 6. The van der Waals surface area contributed by atoms with Crippen LogP contribution in [0.2, 0.25) is 0 Å². The Balaban J connectivity index is 1.81. The lowest BCUT2D eigenvalue weighted by Gasteiger charge is -2.25. The molecule has 1 unspecified atom stereocenters. The zero-order chi connectivity index (χ0) is 25.4. The van der Waals surface area contributed by atoms with E-state index in [1.165, 1.54) is 11.8 Å². The first kappa shape index (κ1) is 26.3. The summed E-state index contributed by atoms with van der Waals surface area (Å²) in [6, 6.07) is 15.5. The zero-order valence-corrected chi connectivity index (χ0v) is 21.0. The van der Waals surface area contributed by atoms with Crippen molar-refractivity contribution in [1.82, 2.24) is 15.6 Å². The molecule has 3 rings (SSSR count). The number of nitrogens with two attached hydrogens (primary N) is 1. The number of esters is 1. The van der Waals surface area contributed by atoms with Crippen LogP contribution in [-0.2, 0) is 25.5 Å². The summed E-state index contributed by atoms with van der Waals surface area (Å²) < 4.78 is 5.19. The molecule has 0 bridgehead atoms. The van der Waals surface area contributed by atoms with E-state index in [0.717, 1.165) is 21.4 Å². The van der Waals surface area contributed by atoms with Gasteiger partial charge in [0, 0.05) is 34.2 Å². The highest BCUT2D eigenvalue weighted by Gasteiger charge is 2.31. The first-order valence-corrected chi connectivity index (χ1v) is 12.5. The van der Waals surface area contributed by atoms with Crippen molar-refractivity contribution in [2.45, 2.75) is 49.7 Å². The fourth-order valence-electron chi connectivity index (χ4n) is 3.45. The zero-order valence-electron chi connectivity index (χ0n) is 20.2. The maximum absolute atomic E-state index is 13.4. The molecule has 2 atom stereocenters. The third-order valence-electron chi connectivity index (χ3n) is 5.35. The van der Waals surface area contributed by atoms with E-state index < -0.39 is 35.4 Å². The number of carbonyl (C=O) groups is 3. The van der Waals surface area contributed by atoms with Gasteiger partial charge in [-0.3, -0.25) is 9.59 Å². The molecule has 0 aliphatic heterocycles. The number of para-hydroxylation sites is 1. The van der Waals surface area contributed by atoms with Gasteiger partial charge in [0.15, 0.2) is 0 Å². The van der Waals surface area contributed by atoms with Crippen molar-refractivity contribution < 1.29 is 19.1 Å². The van der Waals surface area contributed by atoms with E-state index in [9.17, 15) is 14.4 Å². The highest BCUT2D eigenvalue weighted by Crippen LogP contribution is 2.21. The highest BCUT2D eigenvalue weighted by atomic mass is 32.2. The Labute approximate surface area is 209 Å². The smallest absolute Gasteiger partial charge is 0.329 e. The Morgan fingerprint density at radius 3 is 2.40 bits per heavy atom. The minimum Gasteiger partial charge on any atom is -0.464 e. The molecule has 2 amide bonds. The molecule has 0 fully saturated rings. The standard InChI is InChI=1S/C26H32N4O4S/c1-4-34-24(32)22(16-35-18-10-6-5-7-11-18)29-23(31)21(30-25(33)26(2,3)27)14-17-15-28-20-13-9-8-12-19(17)20/h5-13,15,21-22,28H,4,14,16,27H2,1-3H3,(H,29,31)(H,30,33)/t21-,22?/m1/s1. The summed E-state index contributed by atoms with van der Waals surface area (Å²) in [4.78, 5) is 42.9. The lowest BCUT2D eigenvalue weighted by Crippen LogP contribution is -2.58. The summed E-state index contributed by atoms with van der Waals surface area (Å²) in [6.45, 7) is 5.05. The lowest BCUT2D eigenvalue weighted by atomic mass is 10.0. The second kappa shape index (κ2) is 11.9. The van der Waals surface area contributed by atoms with Crippen molar-refractivity contribution in [3.8, 4) is 0 Å². The fraction of sp³-hybridized carbons (Fsp3) is 0.346. The number of fused-ring (bicyclic) bond motifs is 1. The second-order valence-electron chi connectivity index (χ2n) is 8.75. The molecule has 1 aromatic heterocycles. The van der Waals surface area contributed by atoms with E-state index in [0.29, 0.717) is 0 Å². The van der Waals surface area contributed by atoms with Gasteiger partial charge < -0.3 is 26.1 Å². The predicted molar refractivity (Wildman–Crippen MR) is 138 cm³/mol. The van der Waals surface area contributed by atoms with Gasteiger partial charge in [0.25, 0.3) is 0 Å². The summed E-state index contributed by atoms with van der Waals surface area (Å²) in [5.74, 6) is -1.20. The number of aromatic nitrogens is 1. The molecule has 0 saturated carbocycles. The molecule has 3 aromatic rings. The van der Waals surface area contributed by atoms with E-state index in [1.807, 2.05) is 60.8 Å². The normalized spacial score (nSPS) is 13.1. The van der Waals surface area contributed by atoms with Crippen molar-refractivity contribution in [2.75, 3.05) is 12.4 Å². The average Bonchev–Trinajstić information content (AvgIpc) is 3.24. The number of aromatic amines is 1. The Kier molecular flexibility index (Phi) is 8.95. The van der Waals surface area contributed by atoms with Crippen molar-refractivity contribution in [1.29, 1.82) is 0 Å². The molecular weight excluding hydrogens is 464 g/mol. The number of ether oxygens (including phenoxy) is 1. The Bertz CT molecular complexity index is 1160. The van der Waals surface area contributed by atoms with Crippen molar-refractivity contribution in [3.05, 3.63) is 66.4 Å². The van der Waals surface area contributed by atoms with Crippen LogP contribution in [-0.4, -0.2) is 52.7 Å². The number of carbonyl (C=O) groups excluding carboxylic acids is 3. The van der Waals surface area contributed by atoms with Gasteiger partial charge in [0.1, 0.15) is 12.1 Å². The minimum absolute atomic E-state index is 0.193. The molecule has 35 heavy (non-hydrogen) atoms. The number of hydrogen-bond donors (Lipinski definition) is 4. The van der Waals surface area contributed by atoms with Gasteiger partial charge in [-0.05, 0) is 44.5 Å². The third kappa shape index (κ3) is 7.34. The van der Waals surface area contributed by atoms with E-state index >= 15 is 0 Å².